The van der Waals surface area contributed by atoms with E-state index in [0.29, 0.717) is 19.3 Å². The molecule has 0 saturated carbocycles. The number of allylic oxidation sites excluding steroid dienone is 12. The SMILES string of the molecule is CC/C=C\C/C=C\C/C=C\C/C=C\CCCCCCCCCCCCCCC(=O)OCC(COC(=O)CCCCCCC/C=C\CCCCCCCC)OC(=O)CCCCCCCCCCCCCCC/C=C\CCCCCCCCCC. The molecule has 0 saturated heterocycles. The van der Waals surface area contributed by atoms with Gasteiger partial charge in [0, 0.05) is 19.3 Å². The maximum atomic E-state index is 13.0. The summed E-state index contributed by atoms with van der Waals surface area (Å²) in [6.45, 7) is 6.57. The van der Waals surface area contributed by atoms with Crippen molar-refractivity contribution >= 4 is 17.9 Å². The minimum absolute atomic E-state index is 0.0758. The molecule has 0 N–H and O–H groups in total. The number of hydrogen-bond acceptors (Lipinski definition) is 6. The van der Waals surface area contributed by atoms with Crippen LogP contribution in [0.4, 0.5) is 0 Å². The molecule has 0 bridgehead atoms. The van der Waals surface area contributed by atoms with E-state index in [-0.39, 0.29) is 31.1 Å². The standard InChI is InChI=1S/C77H138O6/c1-4-7-10-13-16-19-22-25-28-30-32-34-36-38-40-42-44-46-49-52-55-58-61-64-67-70-76(79)82-73-74(72-81-75(78)69-66-63-60-57-54-51-48-27-24-21-18-15-12-9-6-3)83-77(80)71-68-65-62-59-56-53-50-47-45-43-41-39-37-35-33-31-29-26-23-20-17-14-11-8-5-2/h7,10,16,19,25,27-28,31-34,48,74H,4-6,8-9,11-15,17-18,20-24,26,29-30,35-47,49-73H2,1-3H3/b10-7-,19-16-,28-25-,33-31-,34-32-,48-27-. The fourth-order valence-corrected chi connectivity index (χ4v) is 10.7. The fraction of sp³-hybridized carbons (Fsp3) is 0.805. The molecule has 0 radical (unpaired) electrons. The molecule has 1 atom stereocenters. The van der Waals surface area contributed by atoms with Crippen LogP contribution >= 0.6 is 0 Å². The monoisotopic (exact) mass is 1160 g/mol. The summed E-state index contributed by atoms with van der Waals surface area (Å²) in [4.78, 5) is 38.5. The first kappa shape index (κ1) is 79.8. The molecule has 1 unspecified atom stereocenters. The zero-order chi connectivity index (χ0) is 59.9. The van der Waals surface area contributed by atoms with E-state index in [9.17, 15) is 14.4 Å². The van der Waals surface area contributed by atoms with Gasteiger partial charge in [-0.15, -0.1) is 0 Å². The van der Waals surface area contributed by atoms with Crippen molar-refractivity contribution in [1.82, 2.24) is 0 Å². The molecular weight excluding hydrogens is 1020 g/mol. The highest BCUT2D eigenvalue weighted by molar-refractivity contribution is 5.71. The summed E-state index contributed by atoms with van der Waals surface area (Å²) in [5.74, 6) is -0.863. The van der Waals surface area contributed by atoms with Crippen LogP contribution in [0.25, 0.3) is 0 Å². The summed E-state index contributed by atoms with van der Waals surface area (Å²) >= 11 is 0. The van der Waals surface area contributed by atoms with Gasteiger partial charge in [-0.1, -0.05) is 325 Å². The van der Waals surface area contributed by atoms with Gasteiger partial charge in [0.05, 0.1) is 0 Å². The number of unbranched alkanes of at least 4 members (excludes halogenated alkanes) is 44. The van der Waals surface area contributed by atoms with Gasteiger partial charge in [0.1, 0.15) is 13.2 Å². The van der Waals surface area contributed by atoms with Crippen molar-refractivity contribution in [3.05, 3.63) is 72.9 Å². The zero-order valence-electron chi connectivity index (χ0n) is 55.5. The summed E-state index contributed by atoms with van der Waals surface area (Å²) in [5.41, 5.74) is 0. The Labute approximate surface area is 516 Å². The number of rotatable bonds is 67. The minimum atomic E-state index is -0.781. The van der Waals surface area contributed by atoms with Crippen molar-refractivity contribution in [2.24, 2.45) is 0 Å². The second kappa shape index (κ2) is 71.3. The van der Waals surface area contributed by atoms with Crippen LogP contribution in [0.15, 0.2) is 72.9 Å². The Balaban J connectivity index is 4.29. The molecule has 0 aromatic heterocycles. The van der Waals surface area contributed by atoms with Crippen LogP contribution < -0.4 is 0 Å². The fourth-order valence-electron chi connectivity index (χ4n) is 10.7. The Morgan fingerprint density at radius 3 is 0.747 bits per heavy atom. The van der Waals surface area contributed by atoms with Crippen LogP contribution in [0.1, 0.15) is 380 Å². The van der Waals surface area contributed by atoms with Crippen LogP contribution in [-0.2, 0) is 28.6 Å². The summed E-state index contributed by atoms with van der Waals surface area (Å²) in [6, 6.07) is 0. The molecule has 0 aromatic rings. The lowest BCUT2D eigenvalue weighted by atomic mass is 10.0. The first-order valence-corrected chi connectivity index (χ1v) is 36.4. The lowest BCUT2D eigenvalue weighted by Crippen LogP contribution is -2.30. The Morgan fingerprint density at radius 2 is 0.470 bits per heavy atom. The molecule has 0 heterocycles. The van der Waals surface area contributed by atoms with Crippen molar-refractivity contribution < 1.29 is 28.6 Å². The number of carbonyl (C=O) groups excluding carboxylic acids is 3. The van der Waals surface area contributed by atoms with Gasteiger partial charge < -0.3 is 14.2 Å². The molecule has 0 aliphatic heterocycles. The third-order valence-electron chi connectivity index (χ3n) is 16.2. The minimum Gasteiger partial charge on any atom is -0.462 e. The molecule has 0 rings (SSSR count). The highest BCUT2D eigenvalue weighted by Crippen LogP contribution is 2.18. The van der Waals surface area contributed by atoms with Gasteiger partial charge in [-0.05, 0) is 109 Å². The second-order valence-corrected chi connectivity index (χ2v) is 24.5. The number of hydrogen-bond donors (Lipinski definition) is 0. The predicted molar refractivity (Wildman–Crippen MR) is 362 cm³/mol. The molecule has 482 valence electrons. The van der Waals surface area contributed by atoms with Crippen molar-refractivity contribution in [3.8, 4) is 0 Å². The average molecular weight is 1160 g/mol. The molecule has 0 aliphatic rings. The second-order valence-electron chi connectivity index (χ2n) is 24.5. The lowest BCUT2D eigenvalue weighted by molar-refractivity contribution is -0.167. The third kappa shape index (κ3) is 69.5. The zero-order valence-corrected chi connectivity index (χ0v) is 55.5. The average Bonchev–Trinajstić information content (AvgIpc) is 3.49. The molecule has 0 amide bonds. The van der Waals surface area contributed by atoms with Gasteiger partial charge in [-0.3, -0.25) is 14.4 Å². The molecule has 0 fully saturated rings. The van der Waals surface area contributed by atoms with Gasteiger partial charge in [0.15, 0.2) is 6.10 Å². The van der Waals surface area contributed by atoms with E-state index in [1.807, 2.05) is 0 Å². The first-order valence-electron chi connectivity index (χ1n) is 36.4. The van der Waals surface area contributed by atoms with Crippen molar-refractivity contribution in [3.63, 3.8) is 0 Å². The largest absolute Gasteiger partial charge is 0.462 e. The van der Waals surface area contributed by atoms with Gasteiger partial charge in [-0.25, -0.2) is 0 Å². The molecule has 6 nitrogen and oxygen atoms in total. The van der Waals surface area contributed by atoms with Crippen LogP contribution in [0.5, 0.6) is 0 Å². The van der Waals surface area contributed by atoms with Crippen molar-refractivity contribution in [2.75, 3.05) is 13.2 Å². The number of ether oxygens (including phenoxy) is 3. The van der Waals surface area contributed by atoms with Gasteiger partial charge in [0.2, 0.25) is 0 Å². The van der Waals surface area contributed by atoms with Crippen molar-refractivity contribution in [1.29, 1.82) is 0 Å². The first-order chi connectivity index (χ1) is 41.0. The molecular formula is C77H138O6. The lowest BCUT2D eigenvalue weighted by Gasteiger charge is -2.18. The molecule has 0 spiro atoms. The topological polar surface area (TPSA) is 78.9 Å². The van der Waals surface area contributed by atoms with E-state index in [1.54, 1.807) is 0 Å². The van der Waals surface area contributed by atoms with Crippen LogP contribution in [0, 0.1) is 0 Å². The normalized spacial score (nSPS) is 12.5. The summed E-state index contributed by atoms with van der Waals surface area (Å²) in [6.07, 6.45) is 93.6. The van der Waals surface area contributed by atoms with E-state index in [4.69, 9.17) is 14.2 Å². The van der Waals surface area contributed by atoms with E-state index in [2.05, 4.69) is 93.7 Å². The van der Waals surface area contributed by atoms with Gasteiger partial charge in [-0.2, -0.15) is 0 Å². The quantitative estimate of drug-likeness (QED) is 0.0261. The van der Waals surface area contributed by atoms with E-state index < -0.39 is 6.10 Å². The van der Waals surface area contributed by atoms with E-state index in [1.165, 1.54) is 250 Å². The Kier molecular flexibility index (Phi) is 68.6. The molecule has 83 heavy (non-hydrogen) atoms. The highest BCUT2D eigenvalue weighted by Gasteiger charge is 2.19. The van der Waals surface area contributed by atoms with E-state index in [0.717, 1.165) is 89.9 Å². The summed E-state index contributed by atoms with van der Waals surface area (Å²) < 4.78 is 17.0. The molecule has 0 aliphatic carbocycles. The summed E-state index contributed by atoms with van der Waals surface area (Å²) in [5, 5.41) is 0. The maximum Gasteiger partial charge on any atom is 0.306 e. The highest BCUT2D eigenvalue weighted by atomic mass is 16.6. The van der Waals surface area contributed by atoms with Crippen molar-refractivity contribution in [2.45, 2.75) is 386 Å². The Hall–Kier alpha value is -3.15. The Morgan fingerprint density at radius 1 is 0.253 bits per heavy atom. The number of carbonyl (C=O) groups is 3. The summed E-state index contributed by atoms with van der Waals surface area (Å²) in [7, 11) is 0. The number of esters is 3. The maximum absolute atomic E-state index is 13.0. The molecule has 0 aromatic carbocycles. The smallest absolute Gasteiger partial charge is 0.306 e. The Bertz CT molecular complexity index is 1520. The van der Waals surface area contributed by atoms with E-state index >= 15 is 0 Å². The predicted octanol–water partition coefficient (Wildman–Crippen LogP) is 25.2. The van der Waals surface area contributed by atoms with Gasteiger partial charge in [0.25, 0.3) is 0 Å². The van der Waals surface area contributed by atoms with Crippen LogP contribution in [0.3, 0.4) is 0 Å². The van der Waals surface area contributed by atoms with Crippen LogP contribution in [0.2, 0.25) is 0 Å². The van der Waals surface area contributed by atoms with Crippen LogP contribution in [-0.4, -0.2) is 37.2 Å². The van der Waals surface area contributed by atoms with Gasteiger partial charge >= 0.3 is 17.9 Å². The molecule has 6 heteroatoms. The third-order valence-corrected chi connectivity index (χ3v) is 16.2.